The highest BCUT2D eigenvalue weighted by Crippen LogP contribution is 2.22. The van der Waals surface area contributed by atoms with Gasteiger partial charge in [0.2, 0.25) is 5.95 Å². The summed E-state index contributed by atoms with van der Waals surface area (Å²) in [5.41, 5.74) is 0.949. The minimum atomic E-state index is -0.216. The van der Waals surface area contributed by atoms with Crippen LogP contribution in [0.2, 0.25) is 0 Å². The van der Waals surface area contributed by atoms with Crippen molar-refractivity contribution in [3.05, 3.63) is 54.1 Å². The van der Waals surface area contributed by atoms with Crippen molar-refractivity contribution in [1.29, 1.82) is 0 Å². The van der Waals surface area contributed by atoms with Crippen molar-refractivity contribution in [2.24, 2.45) is 0 Å². The molecule has 1 aliphatic heterocycles. The van der Waals surface area contributed by atoms with Gasteiger partial charge < -0.3 is 10.1 Å². The van der Waals surface area contributed by atoms with Gasteiger partial charge in [0.05, 0.1) is 19.3 Å². The zero-order valence-electron chi connectivity index (χ0n) is 12.3. The lowest BCUT2D eigenvalue weighted by atomic mass is 10.0. The topological polar surface area (TPSA) is 50.3 Å². The molecule has 1 aliphatic rings. The summed E-state index contributed by atoms with van der Waals surface area (Å²) < 4.78 is 19.0. The zero-order valence-corrected chi connectivity index (χ0v) is 12.3. The predicted molar refractivity (Wildman–Crippen MR) is 82.1 cm³/mol. The fraction of sp³-hybridized carbons (Fsp3) is 0.375. The van der Waals surface area contributed by atoms with Crippen LogP contribution < -0.4 is 5.32 Å². The van der Waals surface area contributed by atoms with Crippen molar-refractivity contribution in [1.82, 2.24) is 14.9 Å². The molecule has 22 heavy (non-hydrogen) atoms. The molecule has 0 aliphatic carbocycles. The molecule has 1 atom stereocenters. The van der Waals surface area contributed by atoms with Crippen molar-refractivity contribution in [2.45, 2.75) is 6.04 Å². The van der Waals surface area contributed by atoms with E-state index in [9.17, 15) is 4.39 Å². The molecule has 1 saturated heterocycles. The average Bonchev–Trinajstić information content (AvgIpc) is 2.57. The largest absolute Gasteiger partial charge is 0.379 e. The van der Waals surface area contributed by atoms with Crippen LogP contribution in [0.5, 0.6) is 0 Å². The molecule has 1 aromatic heterocycles. The third-order valence-corrected chi connectivity index (χ3v) is 3.74. The molecule has 2 aromatic rings. The van der Waals surface area contributed by atoms with E-state index in [-0.39, 0.29) is 11.9 Å². The molecule has 0 spiro atoms. The Morgan fingerprint density at radius 1 is 1.18 bits per heavy atom. The van der Waals surface area contributed by atoms with Gasteiger partial charge >= 0.3 is 0 Å². The van der Waals surface area contributed by atoms with E-state index in [1.807, 2.05) is 6.07 Å². The van der Waals surface area contributed by atoms with E-state index in [0.29, 0.717) is 25.7 Å². The normalized spacial score (nSPS) is 17.1. The predicted octanol–water partition coefficient (Wildman–Crippen LogP) is 2.10. The quantitative estimate of drug-likeness (QED) is 0.916. The summed E-state index contributed by atoms with van der Waals surface area (Å²) in [7, 11) is 0. The Labute approximate surface area is 129 Å². The third kappa shape index (κ3) is 3.78. The first-order valence-electron chi connectivity index (χ1n) is 7.41. The molecule has 1 unspecified atom stereocenters. The van der Waals surface area contributed by atoms with Crippen LogP contribution in [0.1, 0.15) is 11.6 Å². The summed E-state index contributed by atoms with van der Waals surface area (Å²) in [6.45, 7) is 3.69. The number of morpholine rings is 1. The highest BCUT2D eigenvalue weighted by atomic mass is 19.1. The Morgan fingerprint density at radius 3 is 2.68 bits per heavy atom. The molecular formula is C16H19FN4O. The van der Waals surface area contributed by atoms with Crippen LogP contribution in [0.4, 0.5) is 10.3 Å². The summed E-state index contributed by atoms with van der Waals surface area (Å²) in [5.74, 6) is 0.365. The number of hydrogen-bond acceptors (Lipinski definition) is 5. The van der Waals surface area contributed by atoms with Gasteiger partial charge in [-0.15, -0.1) is 0 Å². The minimum absolute atomic E-state index is 0.0587. The summed E-state index contributed by atoms with van der Waals surface area (Å²) in [6.07, 6.45) is 3.39. The highest BCUT2D eigenvalue weighted by Gasteiger charge is 2.23. The summed E-state index contributed by atoms with van der Waals surface area (Å²) >= 11 is 0. The molecule has 3 rings (SSSR count). The number of hydrogen-bond donors (Lipinski definition) is 1. The Hall–Kier alpha value is -2.05. The van der Waals surface area contributed by atoms with Gasteiger partial charge in [0.1, 0.15) is 5.82 Å². The molecule has 5 nitrogen and oxygen atoms in total. The van der Waals surface area contributed by atoms with Gasteiger partial charge in [-0.25, -0.2) is 14.4 Å². The van der Waals surface area contributed by atoms with E-state index in [0.717, 1.165) is 18.7 Å². The lowest BCUT2D eigenvalue weighted by Gasteiger charge is -2.34. The number of benzene rings is 1. The molecule has 1 aromatic carbocycles. The van der Waals surface area contributed by atoms with Crippen molar-refractivity contribution in [2.75, 3.05) is 38.2 Å². The van der Waals surface area contributed by atoms with Crippen LogP contribution in [-0.2, 0) is 4.74 Å². The van der Waals surface area contributed by atoms with Crippen molar-refractivity contribution in [3.63, 3.8) is 0 Å². The van der Waals surface area contributed by atoms with Crippen LogP contribution in [0.25, 0.3) is 0 Å². The van der Waals surface area contributed by atoms with Crippen molar-refractivity contribution < 1.29 is 9.13 Å². The molecule has 0 bridgehead atoms. The van der Waals surface area contributed by atoms with Gasteiger partial charge in [-0.05, 0) is 23.8 Å². The number of ether oxygens (including phenoxy) is 1. The molecule has 1 fully saturated rings. The Balaban J connectivity index is 1.76. The lowest BCUT2D eigenvalue weighted by molar-refractivity contribution is 0.0186. The molecule has 0 amide bonds. The number of aromatic nitrogens is 2. The first-order valence-corrected chi connectivity index (χ1v) is 7.41. The minimum Gasteiger partial charge on any atom is -0.379 e. The molecule has 116 valence electrons. The molecular weight excluding hydrogens is 283 g/mol. The van der Waals surface area contributed by atoms with Crippen LogP contribution in [0.15, 0.2) is 42.7 Å². The molecule has 2 heterocycles. The van der Waals surface area contributed by atoms with Gasteiger partial charge in [0.25, 0.3) is 0 Å². The van der Waals surface area contributed by atoms with Gasteiger partial charge in [-0.1, -0.05) is 12.1 Å². The van der Waals surface area contributed by atoms with Crippen LogP contribution in [-0.4, -0.2) is 47.7 Å². The fourth-order valence-electron chi connectivity index (χ4n) is 2.64. The third-order valence-electron chi connectivity index (χ3n) is 3.74. The smallest absolute Gasteiger partial charge is 0.222 e. The zero-order chi connectivity index (χ0) is 15.2. The van der Waals surface area contributed by atoms with Crippen molar-refractivity contribution in [3.8, 4) is 0 Å². The fourth-order valence-corrected chi connectivity index (χ4v) is 2.64. The van der Waals surface area contributed by atoms with Gasteiger partial charge in [-0.3, -0.25) is 4.90 Å². The first-order chi connectivity index (χ1) is 10.8. The van der Waals surface area contributed by atoms with Gasteiger partial charge in [-0.2, -0.15) is 0 Å². The van der Waals surface area contributed by atoms with E-state index in [4.69, 9.17) is 4.74 Å². The summed E-state index contributed by atoms with van der Waals surface area (Å²) in [6, 6.07) is 8.59. The number of nitrogens with zero attached hydrogens (tertiary/aromatic N) is 3. The van der Waals surface area contributed by atoms with Gasteiger partial charge in [0.15, 0.2) is 0 Å². The number of anilines is 1. The monoisotopic (exact) mass is 302 g/mol. The van der Waals surface area contributed by atoms with Gasteiger partial charge in [0, 0.05) is 32.0 Å². The van der Waals surface area contributed by atoms with Crippen LogP contribution in [0, 0.1) is 5.82 Å². The summed E-state index contributed by atoms with van der Waals surface area (Å²) in [4.78, 5) is 10.6. The number of rotatable bonds is 5. The van der Waals surface area contributed by atoms with Crippen LogP contribution in [0.3, 0.4) is 0 Å². The Morgan fingerprint density at radius 2 is 1.95 bits per heavy atom. The van der Waals surface area contributed by atoms with Crippen LogP contribution >= 0.6 is 0 Å². The maximum absolute atomic E-state index is 13.6. The highest BCUT2D eigenvalue weighted by molar-refractivity contribution is 5.27. The SMILES string of the molecule is Fc1cccc(C(CNc2ncccn2)N2CCOCC2)c1. The second-order valence-electron chi connectivity index (χ2n) is 5.17. The lowest BCUT2D eigenvalue weighted by Crippen LogP contribution is -2.41. The van der Waals surface area contributed by atoms with Crippen molar-refractivity contribution >= 4 is 5.95 Å². The Bertz CT molecular complexity index is 590. The molecule has 0 saturated carbocycles. The van der Waals surface area contributed by atoms with E-state index in [2.05, 4.69) is 20.2 Å². The van der Waals surface area contributed by atoms with E-state index < -0.39 is 0 Å². The standard InChI is InChI=1S/C16H19FN4O/c17-14-4-1-3-13(11-14)15(21-7-9-22-10-8-21)12-20-16-18-5-2-6-19-16/h1-6,11,15H,7-10,12H2,(H,18,19,20). The molecule has 6 heteroatoms. The number of halogens is 1. The van der Waals surface area contributed by atoms with E-state index >= 15 is 0 Å². The molecule has 1 N–H and O–H groups in total. The Kier molecular flexibility index (Phi) is 4.92. The summed E-state index contributed by atoms with van der Waals surface area (Å²) in [5, 5.41) is 3.23. The maximum Gasteiger partial charge on any atom is 0.222 e. The van der Waals surface area contributed by atoms with E-state index in [1.165, 1.54) is 6.07 Å². The second kappa shape index (κ2) is 7.29. The first kappa shape index (κ1) is 14.9. The molecule has 0 radical (unpaired) electrons. The maximum atomic E-state index is 13.6. The number of nitrogens with one attached hydrogen (secondary N) is 1. The average molecular weight is 302 g/mol. The van der Waals surface area contributed by atoms with E-state index in [1.54, 1.807) is 30.6 Å². The second-order valence-corrected chi connectivity index (χ2v) is 5.17.